The fraction of sp³-hybridized carbons (Fsp3) is 0.0870. The van der Waals surface area contributed by atoms with E-state index in [9.17, 15) is 4.79 Å². The number of methoxy groups -OCH3 is 1. The minimum absolute atomic E-state index is 0.223. The SMILES string of the molecule is COc1cc(/C=C/c2ccccc2)ccc1OC(=O)COc1ccc(Br)cc1Br. The average molecular weight is 518 g/mol. The van der Waals surface area contributed by atoms with Gasteiger partial charge in [-0.25, -0.2) is 4.79 Å². The third-order valence-corrected chi connectivity index (χ3v) is 5.03. The summed E-state index contributed by atoms with van der Waals surface area (Å²) in [5.74, 6) is 0.843. The maximum absolute atomic E-state index is 12.2. The van der Waals surface area contributed by atoms with Gasteiger partial charge in [-0.15, -0.1) is 0 Å². The van der Waals surface area contributed by atoms with Crippen LogP contribution in [0.15, 0.2) is 75.7 Å². The number of carbonyl (C=O) groups is 1. The van der Waals surface area contributed by atoms with Gasteiger partial charge in [0.2, 0.25) is 0 Å². The van der Waals surface area contributed by atoms with Gasteiger partial charge in [-0.3, -0.25) is 0 Å². The smallest absolute Gasteiger partial charge is 0.349 e. The zero-order valence-corrected chi connectivity index (χ0v) is 18.8. The fourth-order valence-electron chi connectivity index (χ4n) is 2.51. The van der Waals surface area contributed by atoms with Crippen molar-refractivity contribution < 1.29 is 19.0 Å². The minimum Gasteiger partial charge on any atom is -0.493 e. The second-order valence-electron chi connectivity index (χ2n) is 5.99. The molecule has 0 N–H and O–H groups in total. The number of halogens is 2. The number of hydrogen-bond acceptors (Lipinski definition) is 4. The molecule has 0 aliphatic rings. The molecule has 3 rings (SSSR count). The van der Waals surface area contributed by atoms with Gasteiger partial charge < -0.3 is 14.2 Å². The van der Waals surface area contributed by atoms with E-state index in [-0.39, 0.29) is 6.61 Å². The van der Waals surface area contributed by atoms with Crippen molar-refractivity contribution in [1.82, 2.24) is 0 Å². The third-order valence-electron chi connectivity index (χ3n) is 3.92. The number of ether oxygens (including phenoxy) is 3. The molecule has 0 radical (unpaired) electrons. The molecule has 29 heavy (non-hydrogen) atoms. The number of carbonyl (C=O) groups excluding carboxylic acids is 1. The van der Waals surface area contributed by atoms with Crippen LogP contribution in [-0.4, -0.2) is 19.7 Å². The maximum Gasteiger partial charge on any atom is 0.349 e. The zero-order valence-electron chi connectivity index (χ0n) is 15.6. The van der Waals surface area contributed by atoms with Gasteiger partial charge in [0, 0.05) is 4.47 Å². The first-order valence-electron chi connectivity index (χ1n) is 8.75. The summed E-state index contributed by atoms with van der Waals surface area (Å²) in [6.45, 7) is -0.223. The van der Waals surface area contributed by atoms with Crippen LogP contribution in [0, 0.1) is 0 Å². The van der Waals surface area contributed by atoms with Gasteiger partial charge in [-0.05, 0) is 57.4 Å². The topological polar surface area (TPSA) is 44.8 Å². The lowest BCUT2D eigenvalue weighted by Crippen LogP contribution is -2.18. The second-order valence-corrected chi connectivity index (χ2v) is 7.76. The van der Waals surface area contributed by atoms with E-state index < -0.39 is 5.97 Å². The summed E-state index contributed by atoms with van der Waals surface area (Å²) in [6.07, 6.45) is 3.97. The van der Waals surface area contributed by atoms with Crippen molar-refractivity contribution >= 4 is 50.0 Å². The van der Waals surface area contributed by atoms with Gasteiger partial charge in [0.1, 0.15) is 5.75 Å². The van der Waals surface area contributed by atoms with Gasteiger partial charge >= 0.3 is 5.97 Å². The van der Waals surface area contributed by atoms with Gasteiger partial charge in [-0.1, -0.05) is 64.5 Å². The Kier molecular flexibility index (Phi) is 7.49. The molecule has 148 valence electrons. The first-order chi connectivity index (χ1) is 14.0. The Morgan fingerprint density at radius 1 is 0.862 bits per heavy atom. The lowest BCUT2D eigenvalue weighted by Gasteiger charge is -2.11. The molecule has 0 unspecified atom stereocenters. The molecule has 6 heteroatoms. The predicted molar refractivity (Wildman–Crippen MR) is 121 cm³/mol. The first kappa shape index (κ1) is 21.1. The lowest BCUT2D eigenvalue weighted by molar-refractivity contribution is -0.136. The Morgan fingerprint density at radius 3 is 2.31 bits per heavy atom. The van der Waals surface area contributed by atoms with Crippen LogP contribution in [0.4, 0.5) is 0 Å². The molecule has 0 spiro atoms. The van der Waals surface area contributed by atoms with E-state index in [1.54, 1.807) is 12.1 Å². The number of rotatable bonds is 7. The van der Waals surface area contributed by atoms with E-state index in [1.165, 1.54) is 7.11 Å². The molecule has 0 atom stereocenters. The highest BCUT2D eigenvalue weighted by molar-refractivity contribution is 9.11. The van der Waals surface area contributed by atoms with Crippen molar-refractivity contribution in [1.29, 1.82) is 0 Å². The molecule has 4 nitrogen and oxygen atoms in total. The van der Waals surface area contributed by atoms with Crippen molar-refractivity contribution in [3.63, 3.8) is 0 Å². The van der Waals surface area contributed by atoms with Crippen LogP contribution in [0.25, 0.3) is 12.2 Å². The van der Waals surface area contributed by atoms with E-state index in [0.717, 1.165) is 20.1 Å². The summed E-state index contributed by atoms with van der Waals surface area (Å²) in [5, 5.41) is 0. The molecule has 0 aliphatic heterocycles. The Labute approximate surface area is 186 Å². The molecule has 0 saturated heterocycles. The van der Waals surface area contributed by atoms with E-state index in [2.05, 4.69) is 31.9 Å². The van der Waals surface area contributed by atoms with E-state index >= 15 is 0 Å². The quantitative estimate of drug-likeness (QED) is 0.207. The molecule has 0 heterocycles. The van der Waals surface area contributed by atoms with Gasteiger partial charge in [-0.2, -0.15) is 0 Å². The molecule has 0 aliphatic carbocycles. The normalized spacial score (nSPS) is 10.7. The average Bonchev–Trinajstić information content (AvgIpc) is 2.73. The van der Waals surface area contributed by atoms with Crippen LogP contribution in [0.1, 0.15) is 11.1 Å². The molecule has 0 aromatic heterocycles. The summed E-state index contributed by atoms with van der Waals surface area (Å²) in [6, 6.07) is 20.8. The molecular weight excluding hydrogens is 500 g/mol. The molecule has 0 amide bonds. The van der Waals surface area contributed by atoms with Gasteiger partial charge in [0.25, 0.3) is 0 Å². The molecule has 0 fully saturated rings. The first-order valence-corrected chi connectivity index (χ1v) is 10.3. The van der Waals surface area contributed by atoms with Crippen LogP contribution < -0.4 is 14.2 Å². The van der Waals surface area contributed by atoms with Crippen molar-refractivity contribution in [2.45, 2.75) is 0 Å². The Balaban J connectivity index is 1.64. The molecule has 3 aromatic rings. The van der Waals surface area contributed by atoms with Crippen LogP contribution in [-0.2, 0) is 4.79 Å². The summed E-state index contributed by atoms with van der Waals surface area (Å²) < 4.78 is 17.9. The minimum atomic E-state index is -0.523. The highest BCUT2D eigenvalue weighted by Crippen LogP contribution is 2.30. The predicted octanol–water partition coefficient (Wildman–Crippen LogP) is 6.38. The largest absolute Gasteiger partial charge is 0.493 e. The van der Waals surface area contributed by atoms with Crippen LogP contribution >= 0.6 is 31.9 Å². The van der Waals surface area contributed by atoms with Crippen LogP contribution in [0.2, 0.25) is 0 Å². The highest BCUT2D eigenvalue weighted by Gasteiger charge is 2.12. The van der Waals surface area contributed by atoms with E-state index in [0.29, 0.717) is 17.2 Å². The van der Waals surface area contributed by atoms with Crippen LogP contribution in [0.3, 0.4) is 0 Å². The summed E-state index contributed by atoms with van der Waals surface area (Å²) in [5.41, 5.74) is 2.03. The highest BCUT2D eigenvalue weighted by atomic mass is 79.9. The van der Waals surface area contributed by atoms with E-state index in [4.69, 9.17) is 14.2 Å². The Morgan fingerprint density at radius 2 is 1.59 bits per heavy atom. The third kappa shape index (κ3) is 6.21. The molecular formula is C23H18Br2O4. The van der Waals surface area contributed by atoms with Gasteiger partial charge in [0.15, 0.2) is 18.1 Å². The number of hydrogen-bond donors (Lipinski definition) is 0. The lowest BCUT2D eigenvalue weighted by atomic mass is 10.1. The van der Waals surface area contributed by atoms with Crippen molar-refractivity contribution in [2.24, 2.45) is 0 Å². The Hall–Kier alpha value is -2.57. The monoisotopic (exact) mass is 516 g/mol. The number of esters is 1. The van der Waals surface area contributed by atoms with E-state index in [1.807, 2.05) is 66.7 Å². The van der Waals surface area contributed by atoms with Crippen LogP contribution in [0.5, 0.6) is 17.2 Å². The summed E-state index contributed by atoms with van der Waals surface area (Å²) in [7, 11) is 1.53. The summed E-state index contributed by atoms with van der Waals surface area (Å²) in [4.78, 5) is 12.2. The summed E-state index contributed by atoms with van der Waals surface area (Å²) >= 11 is 6.76. The Bertz CT molecular complexity index is 1020. The number of benzene rings is 3. The van der Waals surface area contributed by atoms with Crippen molar-refractivity contribution in [3.05, 3.63) is 86.8 Å². The standard InChI is InChI=1S/C23H18Br2O4/c1-27-22-13-17(8-7-16-5-3-2-4-6-16)9-11-21(22)29-23(26)15-28-20-12-10-18(24)14-19(20)25/h2-14H,15H2,1H3/b8-7+. The van der Waals surface area contributed by atoms with Crippen molar-refractivity contribution in [2.75, 3.05) is 13.7 Å². The maximum atomic E-state index is 12.2. The fourth-order valence-corrected chi connectivity index (χ4v) is 3.67. The second kappa shape index (κ2) is 10.3. The zero-order chi connectivity index (χ0) is 20.6. The van der Waals surface area contributed by atoms with Crippen molar-refractivity contribution in [3.8, 4) is 17.2 Å². The van der Waals surface area contributed by atoms with Gasteiger partial charge in [0.05, 0.1) is 11.6 Å². The molecule has 0 bridgehead atoms. The molecule has 3 aromatic carbocycles. The molecule has 0 saturated carbocycles.